The summed E-state index contributed by atoms with van der Waals surface area (Å²) in [5, 5.41) is 0. The van der Waals surface area contributed by atoms with E-state index in [-0.39, 0.29) is 0 Å². The second-order valence-corrected chi connectivity index (χ2v) is 9.70. The summed E-state index contributed by atoms with van der Waals surface area (Å²) in [6.45, 7) is 5.07. The molecule has 138 valence electrons. The van der Waals surface area contributed by atoms with E-state index in [1.165, 1.54) is 49.7 Å². The Bertz CT molecular complexity index is 767. The smallest absolute Gasteiger partial charge is 0.115 e. The van der Waals surface area contributed by atoms with Crippen molar-refractivity contribution in [3.8, 4) is 0 Å². The molecular formula is C23H31N3. The van der Waals surface area contributed by atoms with E-state index in [0.717, 1.165) is 24.2 Å². The monoisotopic (exact) mass is 349 g/mol. The van der Waals surface area contributed by atoms with E-state index >= 15 is 0 Å². The van der Waals surface area contributed by atoms with Crippen LogP contribution in [0.15, 0.2) is 36.4 Å². The van der Waals surface area contributed by atoms with Gasteiger partial charge in [0.15, 0.2) is 0 Å². The normalized spacial score (nSPS) is 44.4. The molecule has 0 bridgehead atoms. The van der Waals surface area contributed by atoms with Crippen LogP contribution in [0.5, 0.6) is 0 Å². The predicted octanol–water partition coefficient (Wildman–Crippen LogP) is 4.76. The zero-order chi connectivity index (χ0) is 17.9. The second-order valence-electron chi connectivity index (χ2n) is 9.70. The molecule has 3 unspecified atom stereocenters. The Balaban J connectivity index is 1.48. The van der Waals surface area contributed by atoms with Crippen molar-refractivity contribution >= 4 is 5.57 Å². The van der Waals surface area contributed by atoms with Gasteiger partial charge in [-0.05, 0) is 79.1 Å². The lowest BCUT2D eigenvalue weighted by molar-refractivity contribution is -0.0113. The van der Waals surface area contributed by atoms with Crippen molar-refractivity contribution in [3.63, 3.8) is 0 Å². The first kappa shape index (κ1) is 16.7. The minimum atomic E-state index is 0.290. The molecule has 2 N–H and O–H groups in total. The Morgan fingerprint density at radius 3 is 2.54 bits per heavy atom. The number of hydrogen-bond acceptors (Lipinski definition) is 3. The third-order valence-electron chi connectivity index (χ3n) is 8.59. The molecule has 6 atom stereocenters. The highest BCUT2D eigenvalue weighted by Gasteiger charge is 2.56. The fraction of sp³-hybridized carbons (Fsp3) is 0.652. The third-order valence-corrected chi connectivity index (χ3v) is 8.59. The summed E-state index contributed by atoms with van der Waals surface area (Å²) in [5.74, 6) is 2.42. The minimum Gasteiger partial charge on any atom is -0.327 e. The van der Waals surface area contributed by atoms with Crippen LogP contribution in [0.2, 0.25) is 0 Å². The standard InChI is InChI=1S/C23H31N3/c1-22-9-7-17(24)11-16(22)3-4-18-20-6-5-19(15-12-25-14-26-13-15)23(20,2)10-8-21(18)22/h3,5,12-14,17-18,20-21H,4,6-11,24H2,1-2H3/t17-,18?,20?,21?,22-,23+/m0/s1. The minimum absolute atomic E-state index is 0.290. The molecule has 0 radical (unpaired) electrons. The van der Waals surface area contributed by atoms with Crippen LogP contribution in [0.4, 0.5) is 0 Å². The summed E-state index contributed by atoms with van der Waals surface area (Å²) in [6.07, 6.45) is 19.5. The van der Waals surface area contributed by atoms with Gasteiger partial charge < -0.3 is 5.73 Å². The van der Waals surface area contributed by atoms with E-state index < -0.39 is 0 Å². The fourth-order valence-corrected chi connectivity index (χ4v) is 7.14. The molecule has 1 heterocycles. The van der Waals surface area contributed by atoms with Crippen molar-refractivity contribution in [2.45, 2.75) is 64.8 Å². The highest BCUT2D eigenvalue weighted by atomic mass is 14.8. The molecule has 26 heavy (non-hydrogen) atoms. The predicted molar refractivity (Wildman–Crippen MR) is 105 cm³/mol. The molecule has 1 aromatic rings. The molecule has 3 heteroatoms. The van der Waals surface area contributed by atoms with E-state index in [9.17, 15) is 0 Å². The Morgan fingerprint density at radius 1 is 0.962 bits per heavy atom. The van der Waals surface area contributed by atoms with E-state index in [1.54, 1.807) is 11.9 Å². The number of fused-ring (bicyclic) bond motifs is 5. The summed E-state index contributed by atoms with van der Waals surface area (Å²) >= 11 is 0. The first-order chi connectivity index (χ1) is 12.5. The Hall–Kier alpha value is -1.48. The molecule has 2 saturated carbocycles. The van der Waals surface area contributed by atoms with Gasteiger partial charge in [-0.25, -0.2) is 9.97 Å². The molecule has 3 nitrogen and oxygen atoms in total. The van der Waals surface area contributed by atoms with Crippen molar-refractivity contribution in [1.82, 2.24) is 9.97 Å². The van der Waals surface area contributed by atoms with Gasteiger partial charge in [0.1, 0.15) is 6.33 Å². The van der Waals surface area contributed by atoms with Crippen LogP contribution in [0, 0.1) is 28.6 Å². The van der Waals surface area contributed by atoms with Gasteiger partial charge in [-0.2, -0.15) is 0 Å². The van der Waals surface area contributed by atoms with Crippen molar-refractivity contribution in [1.29, 1.82) is 0 Å². The molecule has 0 spiro atoms. The topological polar surface area (TPSA) is 51.8 Å². The fourth-order valence-electron chi connectivity index (χ4n) is 7.14. The first-order valence-electron chi connectivity index (χ1n) is 10.4. The average molecular weight is 350 g/mol. The summed E-state index contributed by atoms with van der Waals surface area (Å²) in [4.78, 5) is 8.56. The molecule has 0 saturated heterocycles. The molecule has 2 fully saturated rings. The van der Waals surface area contributed by atoms with Crippen molar-refractivity contribution < 1.29 is 0 Å². The number of allylic oxidation sites excluding steroid dienone is 3. The lowest BCUT2D eigenvalue weighted by Gasteiger charge is -2.57. The Morgan fingerprint density at radius 2 is 1.73 bits per heavy atom. The van der Waals surface area contributed by atoms with Crippen molar-refractivity contribution in [3.05, 3.63) is 42.0 Å². The molecule has 5 rings (SSSR count). The zero-order valence-corrected chi connectivity index (χ0v) is 16.1. The van der Waals surface area contributed by atoms with Crippen LogP contribution in [0.25, 0.3) is 5.57 Å². The molecule has 0 aromatic carbocycles. The van der Waals surface area contributed by atoms with Crippen LogP contribution in [-0.4, -0.2) is 16.0 Å². The number of rotatable bonds is 1. The van der Waals surface area contributed by atoms with Crippen LogP contribution >= 0.6 is 0 Å². The number of nitrogens with two attached hydrogens (primary N) is 1. The van der Waals surface area contributed by atoms with Gasteiger partial charge in [-0.3, -0.25) is 0 Å². The lowest BCUT2D eigenvalue weighted by Crippen LogP contribution is -2.50. The van der Waals surface area contributed by atoms with Gasteiger partial charge in [0, 0.05) is 24.0 Å². The maximum Gasteiger partial charge on any atom is 0.115 e. The first-order valence-corrected chi connectivity index (χ1v) is 10.4. The molecule has 1 aromatic heterocycles. The Kier molecular flexibility index (Phi) is 3.69. The van der Waals surface area contributed by atoms with Gasteiger partial charge in [0.05, 0.1) is 0 Å². The maximum atomic E-state index is 6.30. The van der Waals surface area contributed by atoms with Crippen molar-refractivity contribution in [2.75, 3.05) is 0 Å². The number of aromatic nitrogens is 2. The molecule has 4 aliphatic rings. The number of hydrogen-bond donors (Lipinski definition) is 1. The summed E-state index contributed by atoms with van der Waals surface area (Å²) in [5.41, 5.74) is 11.4. The van der Waals surface area contributed by atoms with E-state index in [0.29, 0.717) is 16.9 Å². The maximum absolute atomic E-state index is 6.30. The van der Waals surface area contributed by atoms with Crippen molar-refractivity contribution in [2.24, 2.45) is 34.3 Å². The van der Waals surface area contributed by atoms with Crippen LogP contribution in [0.3, 0.4) is 0 Å². The SMILES string of the molecule is C[C@]12CC[C@H](N)CC1=CCC1C2CC[C@]2(C)C(c3cncnc3)=CCC12. The van der Waals surface area contributed by atoms with Crippen LogP contribution in [0.1, 0.15) is 64.4 Å². The summed E-state index contributed by atoms with van der Waals surface area (Å²) in [7, 11) is 0. The largest absolute Gasteiger partial charge is 0.327 e. The highest BCUT2D eigenvalue weighted by Crippen LogP contribution is 2.66. The van der Waals surface area contributed by atoms with Crippen LogP contribution < -0.4 is 5.73 Å². The lowest BCUT2D eigenvalue weighted by atomic mass is 9.47. The summed E-state index contributed by atoms with van der Waals surface area (Å²) < 4.78 is 0. The van der Waals surface area contributed by atoms with Gasteiger partial charge in [-0.15, -0.1) is 0 Å². The van der Waals surface area contributed by atoms with Gasteiger partial charge in [-0.1, -0.05) is 31.6 Å². The molecular weight excluding hydrogens is 318 g/mol. The quantitative estimate of drug-likeness (QED) is 0.744. The zero-order valence-electron chi connectivity index (χ0n) is 16.1. The third kappa shape index (κ3) is 2.22. The molecule has 4 aliphatic carbocycles. The Labute approximate surface area is 157 Å². The van der Waals surface area contributed by atoms with E-state index in [2.05, 4.69) is 36.0 Å². The summed E-state index contributed by atoms with van der Waals surface area (Å²) in [6, 6.07) is 0.387. The molecule has 0 aliphatic heterocycles. The number of nitrogens with zero attached hydrogens (tertiary/aromatic N) is 2. The second kappa shape index (κ2) is 5.76. The van der Waals surface area contributed by atoms with E-state index in [1.807, 2.05) is 12.4 Å². The van der Waals surface area contributed by atoms with Crippen LogP contribution in [-0.2, 0) is 0 Å². The molecule has 0 amide bonds. The van der Waals surface area contributed by atoms with Gasteiger partial charge >= 0.3 is 0 Å². The van der Waals surface area contributed by atoms with Gasteiger partial charge in [0.25, 0.3) is 0 Å². The average Bonchev–Trinajstić information content (AvgIpc) is 3.00. The highest BCUT2D eigenvalue weighted by molar-refractivity contribution is 5.72. The van der Waals surface area contributed by atoms with Gasteiger partial charge in [0.2, 0.25) is 0 Å². The van der Waals surface area contributed by atoms with E-state index in [4.69, 9.17) is 5.73 Å².